The second kappa shape index (κ2) is 5.28. The molecule has 0 aliphatic carbocycles. The molecule has 0 spiro atoms. The molecule has 8 heteroatoms. The van der Waals surface area contributed by atoms with Crippen LogP contribution < -0.4 is 10.5 Å². The first-order chi connectivity index (χ1) is 7.47. The van der Waals surface area contributed by atoms with Gasteiger partial charge in [0.15, 0.2) is 5.84 Å². The van der Waals surface area contributed by atoms with Crippen LogP contribution in [0.15, 0.2) is 38.8 Å². The fourth-order valence-corrected chi connectivity index (χ4v) is 2.94. The van der Waals surface area contributed by atoms with E-state index < -0.39 is 10.0 Å². The van der Waals surface area contributed by atoms with Crippen LogP contribution in [0.5, 0.6) is 0 Å². The van der Waals surface area contributed by atoms with Crippen LogP contribution in [-0.4, -0.2) is 26.0 Å². The molecule has 0 unspecified atom stereocenters. The molecule has 1 aromatic carbocycles. The van der Waals surface area contributed by atoms with Gasteiger partial charge in [0.25, 0.3) is 0 Å². The summed E-state index contributed by atoms with van der Waals surface area (Å²) in [7, 11) is -3.66. The number of nitrogens with two attached hydrogens (primary N) is 1. The van der Waals surface area contributed by atoms with E-state index in [9.17, 15) is 8.42 Å². The van der Waals surface area contributed by atoms with E-state index >= 15 is 0 Å². The molecule has 0 aliphatic heterocycles. The molecule has 1 rings (SSSR count). The number of amidine groups is 1. The summed E-state index contributed by atoms with van der Waals surface area (Å²) in [5, 5.41) is 10.9. The maximum Gasteiger partial charge on any atom is 0.242 e. The summed E-state index contributed by atoms with van der Waals surface area (Å²) in [6, 6.07) is 6.35. The van der Waals surface area contributed by atoms with E-state index in [0.717, 1.165) is 0 Å². The minimum atomic E-state index is -3.66. The Kier molecular flexibility index (Phi) is 4.27. The lowest BCUT2D eigenvalue weighted by Crippen LogP contribution is -2.33. The van der Waals surface area contributed by atoms with Crippen LogP contribution in [0.1, 0.15) is 0 Å². The van der Waals surface area contributed by atoms with Gasteiger partial charge in [-0.1, -0.05) is 17.3 Å². The molecule has 6 nitrogen and oxygen atoms in total. The van der Waals surface area contributed by atoms with Crippen LogP contribution in [-0.2, 0) is 10.0 Å². The van der Waals surface area contributed by atoms with Crippen molar-refractivity contribution in [1.82, 2.24) is 4.72 Å². The second-order valence-electron chi connectivity index (χ2n) is 2.85. The molecule has 0 fully saturated rings. The Bertz CT molecular complexity index is 501. The fourth-order valence-electron chi connectivity index (χ4n) is 0.945. The standard InChI is InChI=1S/C8H10BrN3O3S/c9-6-3-1-2-4-7(6)16(14,15)11-5-8(10)12-13/h1-4,11,13H,5H2,(H2,10,12). The molecule has 4 N–H and O–H groups in total. The fraction of sp³-hybridized carbons (Fsp3) is 0.125. The molecule has 0 aliphatic rings. The van der Waals surface area contributed by atoms with Crippen LogP contribution in [0, 0.1) is 0 Å². The number of halogens is 1. The van der Waals surface area contributed by atoms with Crippen molar-refractivity contribution in [2.45, 2.75) is 4.90 Å². The minimum Gasteiger partial charge on any atom is -0.409 e. The van der Waals surface area contributed by atoms with Crippen LogP contribution in [0.4, 0.5) is 0 Å². The number of oxime groups is 1. The minimum absolute atomic E-state index is 0.0979. The predicted octanol–water partition coefficient (Wildman–Crippen LogP) is 0.474. The quantitative estimate of drug-likeness (QED) is 0.325. The lowest BCUT2D eigenvalue weighted by atomic mass is 10.4. The monoisotopic (exact) mass is 307 g/mol. The van der Waals surface area contributed by atoms with Crippen molar-refractivity contribution in [2.75, 3.05) is 6.54 Å². The van der Waals surface area contributed by atoms with Gasteiger partial charge in [0, 0.05) is 4.47 Å². The SMILES string of the molecule is N/C(CNS(=O)(=O)c1ccccc1Br)=N\O. The van der Waals surface area contributed by atoms with Gasteiger partial charge in [-0.25, -0.2) is 13.1 Å². The molecule has 0 amide bonds. The van der Waals surface area contributed by atoms with Crippen LogP contribution >= 0.6 is 15.9 Å². The van der Waals surface area contributed by atoms with Crippen LogP contribution in [0.3, 0.4) is 0 Å². The van der Waals surface area contributed by atoms with E-state index in [2.05, 4.69) is 25.8 Å². The summed E-state index contributed by atoms with van der Waals surface area (Å²) < 4.78 is 26.1. The third-order valence-corrected chi connectivity index (χ3v) is 4.11. The third kappa shape index (κ3) is 3.19. The smallest absolute Gasteiger partial charge is 0.242 e. The Balaban J connectivity index is 2.91. The van der Waals surface area contributed by atoms with Gasteiger partial charge in [-0.2, -0.15) is 0 Å². The second-order valence-corrected chi connectivity index (χ2v) is 5.44. The average molecular weight is 308 g/mol. The Morgan fingerprint density at radius 2 is 2.12 bits per heavy atom. The number of benzene rings is 1. The summed E-state index contributed by atoms with van der Waals surface area (Å²) in [4.78, 5) is 0.0979. The number of sulfonamides is 1. The molecule has 88 valence electrons. The van der Waals surface area contributed by atoms with Crippen molar-refractivity contribution in [3.63, 3.8) is 0 Å². The third-order valence-electron chi connectivity index (χ3n) is 1.70. The maximum absolute atomic E-state index is 11.7. The number of nitrogens with one attached hydrogen (secondary N) is 1. The van der Waals surface area contributed by atoms with Gasteiger partial charge in [-0.05, 0) is 28.1 Å². The molecule has 0 heterocycles. The van der Waals surface area contributed by atoms with Crippen molar-refractivity contribution in [3.8, 4) is 0 Å². The van der Waals surface area contributed by atoms with E-state index in [1.165, 1.54) is 6.07 Å². The number of rotatable bonds is 4. The highest BCUT2D eigenvalue weighted by atomic mass is 79.9. The molecule has 0 saturated heterocycles. The topological polar surface area (TPSA) is 105 Å². The number of nitrogens with zero attached hydrogens (tertiary/aromatic N) is 1. The molecule has 0 radical (unpaired) electrons. The van der Waals surface area contributed by atoms with Gasteiger partial charge >= 0.3 is 0 Å². The molecular formula is C8H10BrN3O3S. The van der Waals surface area contributed by atoms with Crippen molar-refractivity contribution in [2.24, 2.45) is 10.9 Å². The zero-order chi connectivity index (χ0) is 12.2. The molecule has 1 aromatic rings. The Morgan fingerprint density at radius 1 is 1.50 bits per heavy atom. The molecule has 16 heavy (non-hydrogen) atoms. The van der Waals surface area contributed by atoms with E-state index in [-0.39, 0.29) is 17.3 Å². The van der Waals surface area contributed by atoms with Gasteiger partial charge in [0.2, 0.25) is 10.0 Å². The Hall–Kier alpha value is -1.12. The first-order valence-electron chi connectivity index (χ1n) is 4.18. The summed E-state index contributed by atoms with van der Waals surface area (Å²) in [5.74, 6) is -0.212. The normalized spacial score (nSPS) is 12.7. The van der Waals surface area contributed by atoms with Gasteiger partial charge in [-0.15, -0.1) is 0 Å². The zero-order valence-corrected chi connectivity index (χ0v) is 10.5. The first kappa shape index (κ1) is 12.9. The van der Waals surface area contributed by atoms with Crippen molar-refractivity contribution in [1.29, 1.82) is 0 Å². The summed E-state index contributed by atoms with van der Waals surface area (Å²) in [5.41, 5.74) is 5.16. The molecular weight excluding hydrogens is 298 g/mol. The zero-order valence-electron chi connectivity index (χ0n) is 8.09. The largest absolute Gasteiger partial charge is 0.409 e. The summed E-state index contributed by atoms with van der Waals surface area (Å²) in [6.07, 6.45) is 0. The van der Waals surface area contributed by atoms with Crippen LogP contribution in [0.2, 0.25) is 0 Å². The molecule has 0 aromatic heterocycles. The van der Waals surface area contributed by atoms with Gasteiger partial charge in [0.05, 0.1) is 11.4 Å². The predicted molar refractivity (Wildman–Crippen MR) is 62.7 cm³/mol. The Morgan fingerprint density at radius 3 is 2.69 bits per heavy atom. The van der Waals surface area contributed by atoms with E-state index in [0.29, 0.717) is 4.47 Å². The molecule has 0 atom stereocenters. The van der Waals surface area contributed by atoms with Crippen molar-refractivity contribution in [3.05, 3.63) is 28.7 Å². The molecule has 0 saturated carbocycles. The van der Waals surface area contributed by atoms with Gasteiger partial charge < -0.3 is 10.9 Å². The van der Waals surface area contributed by atoms with E-state index in [1.807, 2.05) is 0 Å². The number of hydrogen-bond acceptors (Lipinski definition) is 4. The first-order valence-corrected chi connectivity index (χ1v) is 6.45. The Labute approximate surface area is 101 Å². The summed E-state index contributed by atoms with van der Waals surface area (Å²) in [6.45, 7) is -0.250. The lowest BCUT2D eigenvalue weighted by Gasteiger charge is -2.07. The number of hydrogen-bond donors (Lipinski definition) is 3. The highest BCUT2D eigenvalue weighted by molar-refractivity contribution is 9.10. The van der Waals surface area contributed by atoms with Crippen molar-refractivity contribution < 1.29 is 13.6 Å². The van der Waals surface area contributed by atoms with Crippen molar-refractivity contribution >= 4 is 31.8 Å². The molecule has 0 bridgehead atoms. The van der Waals surface area contributed by atoms with Crippen LogP contribution in [0.25, 0.3) is 0 Å². The lowest BCUT2D eigenvalue weighted by molar-refractivity contribution is 0.317. The average Bonchev–Trinajstić information content (AvgIpc) is 2.26. The maximum atomic E-state index is 11.7. The highest BCUT2D eigenvalue weighted by Gasteiger charge is 2.16. The van der Waals surface area contributed by atoms with Gasteiger partial charge in [-0.3, -0.25) is 0 Å². The summed E-state index contributed by atoms with van der Waals surface area (Å²) >= 11 is 3.13. The van der Waals surface area contributed by atoms with E-state index in [4.69, 9.17) is 10.9 Å². The van der Waals surface area contributed by atoms with Gasteiger partial charge in [0.1, 0.15) is 0 Å². The highest BCUT2D eigenvalue weighted by Crippen LogP contribution is 2.20. The van der Waals surface area contributed by atoms with E-state index in [1.54, 1.807) is 18.2 Å².